The van der Waals surface area contributed by atoms with Crippen molar-refractivity contribution in [3.05, 3.63) is 30.3 Å². The fourth-order valence-electron chi connectivity index (χ4n) is 4.78. The highest BCUT2D eigenvalue weighted by Gasteiger charge is 2.36. The van der Waals surface area contributed by atoms with Gasteiger partial charge in [-0.15, -0.1) is 0 Å². The Hall–Kier alpha value is -1.79. The molecule has 0 N–H and O–H groups in total. The fourth-order valence-corrected chi connectivity index (χ4v) is 6.53. The van der Waals surface area contributed by atoms with E-state index in [0.717, 1.165) is 74.9 Å². The molecular formula is C23H33N3O2S. The van der Waals surface area contributed by atoms with Crippen molar-refractivity contribution >= 4 is 32.2 Å². The molecule has 2 aliphatic heterocycles. The van der Waals surface area contributed by atoms with Crippen LogP contribution in [-0.2, 0) is 10.0 Å². The van der Waals surface area contributed by atoms with Gasteiger partial charge in [-0.05, 0) is 50.6 Å². The van der Waals surface area contributed by atoms with Crippen molar-refractivity contribution in [2.75, 3.05) is 48.5 Å². The number of sulfonamides is 1. The molecule has 0 saturated carbocycles. The van der Waals surface area contributed by atoms with Gasteiger partial charge < -0.3 is 9.80 Å². The molecule has 2 aromatic carbocycles. The maximum atomic E-state index is 13.2. The molecule has 6 heteroatoms. The van der Waals surface area contributed by atoms with Crippen molar-refractivity contribution in [2.45, 2.75) is 50.8 Å². The van der Waals surface area contributed by atoms with Crippen molar-refractivity contribution in [1.82, 2.24) is 4.90 Å². The van der Waals surface area contributed by atoms with Crippen molar-refractivity contribution < 1.29 is 8.42 Å². The van der Waals surface area contributed by atoms with Crippen LogP contribution in [0.1, 0.15) is 46.0 Å². The van der Waals surface area contributed by atoms with Crippen LogP contribution >= 0.6 is 0 Å². The molecule has 0 radical (unpaired) electrons. The Morgan fingerprint density at radius 2 is 1.69 bits per heavy atom. The summed E-state index contributed by atoms with van der Waals surface area (Å²) >= 11 is 0. The third-order valence-electron chi connectivity index (χ3n) is 6.23. The van der Waals surface area contributed by atoms with Gasteiger partial charge in [0.2, 0.25) is 0 Å². The second kappa shape index (κ2) is 8.52. The van der Waals surface area contributed by atoms with Crippen LogP contribution in [0.15, 0.2) is 35.2 Å². The Morgan fingerprint density at radius 3 is 2.48 bits per heavy atom. The molecule has 1 saturated heterocycles. The van der Waals surface area contributed by atoms with Gasteiger partial charge in [-0.2, -0.15) is 0 Å². The van der Waals surface area contributed by atoms with E-state index in [1.54, 1.807) is 10.4 Å². The minimum absolute atomic E-state index is 0.478. The van der Waals surface area contributed by atoms with E-state index in [0.29, 0.717) is 11.4 Å². The lowest BCUT2D eigenvalue weighted by molar-refractivity contribution is 0.294. The molecule has 0 bridgehead atoms. The quantitative estimate of drug-likeness (QED) is 0.626. The fraction of sp³-hybridized carbons (Fsp3) is 0.565. The first-order valence-electron chi connectivity index (χ1n) is 11.1. The Kier molecular flexibility index (Phi) is 6.02. The highest BCUT2D eigenvalue weighted by Crippen LogP contribution is 2.45. The molecule has 0 amide bonds. The summed E-state index contributed by atoms with van der Waals surface area (Å²) in [7, 11) is -3.44. The summed E-state index contributed by atoms with van der Waals surface area (Å²) in [5.41, 5.74) is 2.03. The van der Waals surface area contributed by atoms with Crippen LogP contribution in [0.3, 0.4) is 0 Å². The highest BCUT2D eigenvalue weighted by atomic mass is 32.2. The third-order valence-corrected chi connectivity index (χ3v) is 8.08. The summed E-state index contributed by atoms with van der Waals surface area (Å²) in [4.78, 5) is 5.47. The van der Waals surface area contributed by atoms with Crippen LogP contribution in [0.25, 0.3) is 10.8 Å². The van der Waals surface area contributed by atoms with E-state index >= 15 is 0 Å². The Balaban J connectivity index is 1.71. The first-order chi connectivity index (χ1) is 14.1. The highest BCUT2D eigenvalue weighted by molar-refractivity contribution is 7.93. The lowest BCUT2D eigenvalue weighted by atomic mass is 10.1. The minimum atomic E-state index is -3.44. The van der Waals surface area contributed by atoms with Crippen molar-refractivity contribution in [3.8, 4) is 0 Å². The van der Waals surface area contributed by atoms with Crippen LogP contribution in [0, 0.1) is 0 Å². The number of hydrogen-bond donors (Lipinski definition) is 0. The van der Waals surface area contributed by atoms with Gasteiger partial charge in [0.05, 0.1) is 10.6 Å². The number of rotatable bonds is 7. The lowest BCUT2D eigenvalue weighted by Gasteiger charge is -2.25. The monoisotopic (exact) mass is 415 g/mol. The zero-order chi connectivity index (χ0) is 20.4. The van der Waals surface area contributed by atoms with Gasteiger partial charge in [-0.3, -0.25) is 4.31 Å². The lowest BCUT2D eigenvalue weighted by Crippen LogP contribution is -2.31. The molecule has 2 heterocycles. The van der Waals surface area contributed by atoms with Gasteiger partial charge in [0.25, 0.3) is 10.0 Å². The van der Waals surface area contributed by atoms with Gasteiger partial charge in [0.15, 0.2) is 0 Å². The van der Waals surface area contributed by atoms with Crippen LogP contribution < -0.4 is 9.21 Å². The zero-order valence-corrected chi connectivity index (χ0v) is 18.5. The predicted octanol–water partition coefficient (Wildman–Crippen LogP) is 4.46. The molecule has 0 unspecified atom stereocenters. The Bertz CT molecular complexity index is 973. The number of benzene rings is 2. The van der Waals surface area contributed by atoms with Crippen LogP contribution in [0.5, 0.6) is 0 Å². The first kappa shape index (κ1) is 20.5. The van der Waals surface area contributed by atoms with E-state index in [9.17, 15) is 8.42 Å². The van der Waals surface area contributed by atoms with E-state index in [1.165, 1.54) is 12.1 Å². The molecule has 2 aromatic rings. The summed E-state index contributed by atoms with van der Waals surface area (Å²) in [5.74, 6) is 0. The van der Waals surface area contributed by atoms with Crippen LogP contribution in [-0.4, -0.2) is 52.6 Å². The van der Waals surface area contributed by atoms with E-state index in [1.807, 2.05) is 12.1 Å². The van der Waals surface area contributed by atoms with E-state index in [4.69, 9.17) is 0 Å². The number of anilines is 2. The third kappa shape index (κ3) is 3.73. The van der Waals surface area contributed by atoms with Crippen molar-refractivity contribution in [2.24, 2.45) is 0 Å². The van der Waals surface area contributed by atoms with E-state index in [2.05, 4.69) is 35.8 Å². The summed E-state index contributed by atoms with van der Waals surface area (Å²) in [5, 5.41) is 1.99. The average molecular weight is 416 g/mol. The second-order valence-electron chi connectivity index (χ2n) is 8.25. The molecule has 0 aromatic heterocycles. The van der Waals surface area contributed by atoms with Crippen molar-refractivity contribution in [3.63, 3.8) is 0 Å². The molecule has 0 aliphatic carbocycles. The minimum Gasteiger partial charge on any atom is -0.370 e. The normalized spacial score (nSPS) is 19.1. The summed E-state index contributed by atoms with van der Waals surface area (Å²) in [6.45, 7) is 10.3. The molecule has 158 valence electrons. The molecule has 4 rings (SSSR count). The van der Waals surface area contributed by atoms with Crippen LogP contribution in [0.2, 0.25) is 0 Å². The second-order valence-corrected chi connectivity index (χ2v) is 10.1. The predicted molar refractivity (Wildman–Crippen MR) is 122 cm³/mol. The molecule has 2 aliphatic rings. The number of hydrogen-bond acceptors (Lipinski definition) is 4. The topological polar surface area (TPSA) is 43.9 Å². The first-order valence-corrected chi connectivity index (χ1v) is 12.6. The number of nitrogens with zero attached hydrogens (tertiary/aromatic N) is 3. The van der Waals surface area contributed by atoms with Gasteiger partial charge in [-0.25, -0.2) is 8.42 Å². The largest absolute Gasteiger partial charge is 0.370 e. The van der Waals surface area contributed by atoms with E-state index in [-0.39, 0.29) is 0 Å². The maximum Gasteiger partial charge on any atom is 0.265 e. The molecular weight excluding hydrogens is 382 g/mol. The standard InChI is InChI=1S/C23H33N3O2S/c1-3-5-6-16-26-21-12-11-20(25-15-8-14-24(13-4-2)17-18-25)19-9-7-10-22(23(19)21)29(26,27)28/h7,9-12H,3-6,8,13-18H2,1-2H3. The summed E-state index contributed by atoms with van der Waals surface area (Å²) in [6.07, 6.45) is 5.36. The van der Waals surface area contributed by atoms with Crippen molar-refractivity contribution in [1.29, 1.82) is 0 Å². The Morgan fingerprint density at radius 1 is 0.862 bits per heavy atom. The molecule has 29 heavy (non-hydrogen) atoms. The summed E-state index contributed by atoms with van der Waals surface area (Å²) in [6, 6.07) is 9.95. The SMILES string of the molecule is CCCCCN1c2ccc(N3CCCN(CCC)CC3)c3cccc(c23)S1(=O)=O. The van der Waals surface area contributed by atoms with E-state index < -0.39 is 10.0 Å². The van der Waals surface area contributed by atoms with Gasteiger partial charge >= 0.3 is 0 Å². The molecule has 1 fully saturated rings. The molecule has 0 spiro atoms. The molecule has 0 atom stereocenters. The van der Waals surface area contributed by atoms with Gasteiger partial charge in [0, 0.05) is 42.6 Å². The smallest absolute Gasteiger partial charge is 0.265 e. The van der Waals surface area contributed by atoms with Crippen LogP contribution in [0.4, 0.5) is 11.4 Å². The van der Waals surface area contributed by atoms with Gasteiger partial charge in [0.1, 0.15) is 0 Å². The molecule has 5 nitrogen and oxygen atoms in total. The summed E-state index contributed by atoms with van der Waals surface area (Å²) < 4.78 is 28.1. The maximum absolute atomic E-state index is 13.2. The average Bonchev–Trinajstić information content (AvgIpc) is 2.86. The number of unbranched alkanes of at least 4 members (excludes halogenated alkanes) is 2. The van der Waals surface area contributed by atoms with Gasteiger partial charge in [-0.1, -0.05) is 38.8 Å². The zero-order valence-electron chi connectivity index (χ0n) is 17.7. The Labute approximate surface area is 175 Å².